The molecule has 0 radical (unpaired) electrons. The molecule has 1 N–H and O–H groups in total. The van der Waals surface area contributed by atoms with Crippen LogP contribution in [0.4, 0.5) is 22.7 Å². The van der Waals surface area contributed by atoms with Crippen molar-refractivity contribution in [3.05, 3.63) is 236 Å². The Kier molecular flexibility index (Phi) is 8.30. The third-order valence-electron chi connectivity index (χ3n) is 11.7. The summed E-state index contributed by atoms with van der Waals surface area (Å²) >= 11 is 0. The highest BCUT2D eigenvalue weighted by Crippen LogP contribution is 2.44. The molecule has 9 aromatic carbocycles. The zero-order valence-corrected chi connectivity index (χ0v) is 32.4. The fourth-order valence-electron chi connectivity index (χ4n) is 8.87. The fraction of sp³-hybridized carbons (Fsp3) is 0. The summed E-state index contributed by atoms with van der Waals surface area (Å²) < 4.78 is 2.39. The molecule has 0 fully saturated rings. The molecule has 0 aliphatic carbocycles. The van der Waals surface area contributed by atoms with Crippen LogP contribution in [-0.2, 0) is 0 Å². The maximum Gasteiger partial charge on any atom is 0.0547 e. The van der Waals surface area contributed by atoms with Crippen LogP contribution in [0, 0.1) is 0 Å². The largest absolute Gasteiger partial charge is 0.355 e. The SMILES string of the molecule is C=C1/C=C(c2ccc(Nc3cccc4ccccc34)c(-c3cccc4c3c3ccccc3n4-c3ccccc3)c2)\C=C/N(c2ccc3ccccc3c2)c2ccccc21. The summed E-state index contributed by atoms with van der Waals surface area (Å²) in [7, 11) is 0. The molecule has 0 saturated carbocycles. The minimum absolute atomic E-state index is 0.957. The molecule has 11 rings (SSSR count). The average molecular weight is 754 g/mol. The van der Waals surface area contributed by atoms with E-state index in [0.717, 1.165) is 67.4 Å². The molecule has 0 bridgehead atoms. The lowest BCUT2D eigenvalue weighted by Gasteiger charge is -2.26. The molecule has 1 aliphatic rings. The second-order valence-corrected chi connectivity index (χ2v) is 15.2. The van der Waals surface area contributed by atoms with Crippen molar-refractivity contribution in [2.24, 2.45) is 0 Å². The Bertz CT molecular complexity index is 3320. The van der Waals surface area contributed by atoms with E-state index in [-0.39, 0.29) is 0 Å². The Morgan fingerprint density at radius 1 is 0.441 bits per heavy atom. The van der Waals surface area contributed by atoms with Crippen molar-refractivity contribution in [2.45, 2.75) is 0 Å². The van der Waals surface area contributed by atoms with E-state index in [1.165, 1.54) is 37.8 Å². The van der Waals surface area contributed by atoms with Crippen molar-refractivity contribution >= 4 is 77.2 Å². The normalized spacial score (nSPS) is 14.2. The number of anilines is 4. The van der Waals surface area contributed by atoms with Gasteiger partial charge in [0.05, 0.1) is 16.7 Å². The Balaban J connectivity index is 1.12. The molecule has 278 valence electrons. The van der Waals surface area contributed by atoms with Crippen molar-refractivity contribution in [3.63, 3.8) is 0 Å². The third kappa shape index (κ3) is 6.00. The number of para-hydroxylation sites is 3. The van der Waals surface area contributed by atoms with E-state index < -0.39 is 0 Å². The summed E-state index contributed by atoms with van der Waals surface area (Å²) in [5.74, 6) is 0. The molecule has 1 aliphatic heterocycles. The van der Waals surface area contributed by atoms with E-state index in [0.29, 0.717) is 0 Å². The monoisotopic (exact) mass is 753 g/mol. The molecular formula is C56H39N3. The lowest BCUT2D eigenvalue weighted by molar-refractivity contribution is 1.18. The smallest absolute Gasteiger partial charge is 0.0547 e. The van der Waals surface area contributed by atoms with Gasteiger partial charge in [-0.2, -0.15) is 0 Å². The first-order chi connectivity index (χ1) is 29.2. The summed E-state index contributed by atoms with van der Waals surface area (Å²) in [5, 5.41) is 11.1. The quantitative estimate of drug-likeness (QED) is 0.182. The molecule has 1 aromatic heterocycles. The number of aromatic nitrogens is 1. The van der Waals surface area contributed by atoms with Gasteiger partial charge < -0.3 is 14.8 Å². The van der Waals surface area contributed by atoms with Gasteiger partial charge in [-0.05, 0) is 111 Å². The lowest BCUT2D eigenvalue weighted by atomic mass is 9.92. The van der Waals surface area contributed by atoms with E-state index in [2.05, 4.69) is 240 Å². The minimum atomic E-state index is 0.957. The summed E-state index contributed by atoms with van der Waals surface area (Å²) in [4.78, 5) is 2.29. The molecule has 0 spiro atoms. The van der Waals surface area contributed by atoms with E-state index in [9.17, 15) is 0 Å². The van der Waals surface area contributed by atoms with Gasteiger partial charge in [-0.15, -0.1) is 0 Å². The summed E-state index contributed by atoms with van der Waals surface area (Å²) in [6.45, 7) is 4.65. The Labute approximate surface area is 343 Å². The van der Waals surface area contributed by atoms with E-state index in [4.69, 9.17) is 0 Å². The van der Waals surface area contributed by atoms with Gasteiger partial charge >= 0.3 is 0 Å². The van der Waals surface area contributed by atoms with Crippen molar-refractivity contribution in [1.82, 2.24) is 4.57 Å². The molecule has 59 heavy (non-hydrogen) atoms. The molecule has 3 heteroatoms. The number of hydrogen-bond donors (Lipinski definition) is 1. The van der Waals surface area contributed by atoms with E-state index in [1.54, 1.807) is 0 Å². The van der Waals surface area contributed by atoms with Gasteiger partial charge in [0.25, 0.3) is 0 Å². The predicted molar refractivity (Wildman–Crippen MR) is 252 cm³/mol. The van der Waals surface area contributed by atoms with E-state index >= 15 is 0 Å². The number of hydrogen-bond acceptors (Lipinski definition) is 2. The van der Waals surface area contributed by atoms with Gasteiger partial charge in [-0.25, -0.2) is 0 Å². The third-order valence-corrected chi connectivity index (χ3v) is 11.7. The molecule has 0 amide bonds. The van der Waals surface area contributed by atoms with Crippen molar-refractivity contribution in [3.8, 4) is 16.8 Å². The maximum atomic E-state index is 4.65. The number of nitrogens with one attached hydrogen (secondary N) is 1. The first-order valence-corrected chi connectivity index (χ1v) is 20.1. The molecule has 3 nitrogen and oxygen atoms in total. The highest BCUT2D eigenvalue weighted by atomic mass is 15.1. The summed E-state index contributed by atoms with van der Waals surface area (Å²) in [6, 6.07) is 71.8. The first-order valence-electron chi connectivity index (χ1n) is 20.1. The summed E-state index contributed by atoms with van der Waals surface area (Å²) in [6.07, 6.45) is 6.66. The maximum absolute atomic E-state index is 4.65. The van der Waals surface area contributed by atoms with Gasteiger partial charge in [0.2, 0.25) is 0 Å². The number of nitrogens with zero attached hydrogens (tertiary/aromatic N) is 2. The minimum Gasteiger partial charge on any atom is -0.355 e. The van der Waals surface area contributed by atoms with Crippen LogP contribution >= 0.6 is 0 Å². The zero-order chi connectivity index (χ0) is 39.3. The standard InChI is InChI=1S/C56H39N3/c1-38-35-43(33-34-58(53-26-11-9-21-46(38)53)45-31-29-39-15-5-6-17-41(39)36-45)42-30-32-52(57-51-25-13-18-40-16-7-8-22-47(40)51)50(37-42)48-24-14-28-55-56(48)49-23-10-12-27-54(49)59(55)44-19-3-2-4-20-44/h2-37,57H,1H2/b34-33-,43-35+. The average Bonchev–Trinajstić information content (AvgIpc) is 3.63. The summed E-state index contributed by atoms with van der Waals surface area (Å²) in [5.41, 5.74) is 14.3. The van der Waals surface area contributed by atoms with Crippen LogP contribution in [0.3, 0.4) is 0 Å². The van der Waals surface area contributed by atoms with Crippen LogP contribution in [0.1, 0.15) is 11.1 Å². The zero-order valence-electron chi connectivity index (χ0n) is 32.4. The molecule has 0 atom stereocenters. The number of rotatable bonds is 6. The second kappa shape index (κ2) is 14.3. The van der Waals surface area contributed by atoms with Crippen LogP contribution in [0.15, 0.2) is 225 Å². The Morgan fingerprint density at radius 3 is 2.03 bits per heavy atom. The van der Waals surface area contributed by atoms with Crippen LogP contribution in [-0.4, -0.2) is 4.57 Å². The highest BCUT2D eigenvalue weighted by molar-refractivity contribution is 6.17. The second-order valence-electron chi connectivity index (χ2n) is 15.2. The first kappa shape index (κ1) is 34.4. The van der Waals surface area contributed by atoms with Crippen molar-refractivity contribution in [1.29, 1.82) is 0 Å². The molecule has 0 saturated heterocycles. The van der Waals surface area contributed by atoms with Crippen LogP contribution in [0.2, 0.25) is 0 Å². The highest BCUT2D eigenvalue weighted by Gasteiger charge is 2.20. The van der Waals surface area contributed by atoms with Gasteiger partial charge in [0.1, 0.15) is 0 Å². The number of allylic oxidation sites excluding steroid dienone is 4. The van der Waals surface area contributed by atoms with Crippen LogP contribution in [0.5, 0.6) is 0 Å². The topological polar surface area (TPSA) is 20.2 Å². The lowest BCUT2D eigenvalue weighted by Crippen LogP contribution is -2.11. The van der Waals surface area contributed by atoms with Crippen LogP contribution in [0.25, 0.3) is 71.3 Å². The number of benzene rings is 9. The Morgan fingerprint density at radius 2 is 1.14 bits per heavy atom. The molecule has 10 aromatic rings. The fourth-order valence-corrected chi connectivity index (χ4v) is 8.87. The molecular weight excluding hydrogens is 715 g/mol. The molecule has 0 unspecified atom stereocenters. The molecule has 2 heterocycles. The van der Waals surface area contributed by atoms with Crippen LogP contribution < -0.4 is 10.2 Å². The number of fused-ring (bicyclic) bond motifs is 6. The van der Waals surface area contributed by atoms with Crippen molar-refractivity contribution in [2.75, 3.05) is 10.2 Å². The Hall–Kier alpha value is -7.88. The van der Waals surface area contributed by atoms with Gasteiger partial charge in [-0.3, -0.25) is 0 Å². The van der Waals surface area contributed by atoms with Gasteiger partial charge in [0.15, 0.2) is 0 Å². The van der Waals surface area contributed by atoms with Gasteiger partial charge in [-0.1, -0.05) is 146 Å². The van der Waals surface area contributed by atoms with Gasteiger partial charge in [0, 0.05) is 56.2 Å². The van der Waals surface area contributed by atoms with E-state index in [1.807, 2.05) is 0 Å². The predicted octanol–water partition coefficient (Wildman–Crippen LogP) is 15.3. The van der Waals surface area contributed by atoms with Crippen molar-refractivity contribution < 1.29 is 0 Å².